The Morgan fingerprint density at radius 1 is 1.15 bits per heavy atom. The molecule has 20 heavy (non-hydrogen) atoms. The van der Waals surface area contributed by atoms with Gasteiger partial charge in [0.2, 0.25) is 0 Å². The second kappa shape index (κ2) is 5.92. The average molecular weight is 288 g/mol. The van der Waals surface area contributed by atoms with Gasteiger partial charge in [-0.15, -0.1) is 0 Å². The fraction of sp³-hybridized carbons (Fsp3) is 0.312. The second-order valence-corrected chi connectivity index (χ2v) is 5.73. The maximum atomic E-state index is 5.87. The van der Waals surface area contributed by atoms with Gasteiger partial charge in [0.1, 0.15) is 0 Å². The summed E-state index contributed by atoms with van der Waals surface area (Å²) in [5, 5.41) is 0.629. The van der Waals surface area contributed by atoms with E-state index in [1.165, 1.54) is 24.8 Å². The average Bonchev–Trinajstić information content (AvgIpc) is 2.42. The van der Waals surface area contributed by atoms with Crippen LogP contribution in [0, 0.1) is 0 Å². The molecule has 0 bridgehead atoms. The number of benzene rings is 1. The molecule has 1 aliphatic rings. The molecule has 0 radical (unpaired) electrons. The van der Waals surface area contributed by atoms with E-state index in [2.05, 4.69) is 34.7 Å². The molecule has 0 aliphatic heterocycles. The molecule has 3 N–H and O–H groups in total. The van der Waals surface area contributed by atoms with Crippen molar-refractivity contribution in [3.8, 4) is 0 Å². The van der Waals surface area contributed by atoms with Crippen LogP contribution >= 0.6 is 11.6 Å². The number of aromatic nitrogens is 1. The van der Waals surface area contributed by atoms with E-state index in [1.807, 2.05) is 12.1 Å². The van der Waals surface area contributed by atoms with Crippen LogP contribution in [-0.2, 0) is 0 Å². The Bertz CT molecular complexity index is 561. The lowest BCUT2D eigenvalue weighted by atomic mass is 9.80. The Labute approximate surface area is 124 Å². The van der Waals surface area contributed by atoms with E-state index in [4.69, 9.17) is 17.4 Å². The Morgan fingerprint density at radius 3 is 2.40 bits per heavy atom. The van der Waals surface area contributed by atoms with E-state index in [0.717, 1.165) is 17.2 Å². The molecular formula is C16H18ClN3. The number of pyridine rings is 1. The molecule has 1 aliphatic carbocycles. The highest BCUT2D eigenvalue weighted by atomic mass is 35.5. The third kappa shape index (κ3) is 2.70. The molecule has 3 nitrogen and oxygen atoms in total. The van der Waals surface area contributed by atoms with Crippen LogP contribution in [0.5, 0.6) is 0 Å². The van der Waals surface area contributed by atoms with Crippen LogP contribution in [0.15, 0.2) is 42.6 Å². The van der Waals surface area contributed by atoms with E-state index in [-0.39, 0.29) is 6.04 Å². The van der Waals surface area contributed by atoms with Crippen LogP contribution in [0.25, 0.3) is 0 Å². The van der Waals surface area contributed by atoms with Gasteiger partial charge in [0.05, 0.1) is 16.8 Å². The molecule has 1 unspecified atom stereocenters. The molecule has 1 aromatic carbocycles. The molecule has 1 fully saturated rings. The lowest BCUT2D eigenvalue weighted by Crippen LogP contribution is -2.29. The van der Waals surface area contributed by atoms with Crippen molar-refractivity contribution in [2.24, 2.45) is 5.84 Å². The van der Waals surface area contributed by atoms with Gasteiger partial charge < -0.3 is 0 Å². The van der Waals surface area contributed by atoms with Crippen LogP contribution in [0.2, 0.25) is 5.02 Å². The fourth-order valence-corrected chi connectivity index (χ4v) is 2.72. The van der Waals surface area contributed by atoms with Gasteiger partial charge in [-0.3, -0.25) is 10.8 Å². The summed E-state index contributed by atoms with van der Waals surface area (Å²) in [5.74, 6) is 6.44. The fourth-order valence-electron chi connectivity index (χ4n) is 2.61. The Morgan fingerprint density at radius 2 is 1.90 bits per heavy atom. The predicted molar refractivity (Wildman–Crippen MR) is 81.4 cm³/mol. The molecule has 104 valence electrons. The van der Waals surface area contributed by atoms with Crippen LogP contribution in [0.1, 0.15) is 48.0 Å². The topological polar surface area (TPSA) is 50.9 Å². The van der Waals surface area contributed by atoms with E-state index in [9.17, 15) is 0 Å². The van der Waals surface area contributed by atoms with Crippen LogP contribution < -0.4 is 11.3 Å². The first-order chi connectivity index (χ1) is 9.78. The summed E-state index contributed by atoms with van der Waals surface area (Å²) in [5.41, 5.74) is 6.24. The normalized spacial score (nSPS) is 16.7. The maximum Gasteiger partial charge on any atom is 0.0881 e. The van der Waals surface area contributed by atoms with Crippen molar-refractivity contribution in [3.05, 3.63) is 64.4 Å². The maximum absolute atomic E-state index is 5.87. The molecule has 1 aromatic heterocycles. The zero-order chi connectivity index (χ0) is 13.9. The number of halogens is 1. The van der Waals surface area contributed by atoms with Crippen molar-refractivity contribution in [1.29, 1.82) is 0 Å². The number of nitrogens with one attached hydrogen (secondary N) is 1. The van der Waals surface area contributed by atoms with Gasteiger partial charge in [-0.1, -0.05) is 42.3 Å². The molecule has 4 heteroatoms. The molecular weight excluding hydrogens is 270 g/mol. The summed E-state index contributed by atoms with van der Waals surface area (Å²) in [6.45, 7) is 0. The van der Waals surface area contributed by atoms with Gasteiger partial charge in [0.25, 0.3) is 0 Å². The summed E-state index contributed by atoms with van der Waals surface area (Å²) in [4.78, 5) is 4.34. The van der Waals surface area contributed by atoms with Gasteiger partial charge in [-0.25, -0.2) is 5.43 Å². The standard InChI is InChI=1S/C16H18ClN3/c17-14-8-9-15(19-10-14)16(20-18)13-6-4-12(5-7-13)11-2-1-3-11/h4-11,16,20H,1-3,18H2. The van der Waals surface area contributed by atoms with Gasteiger partial charge in [0, 0.05) is 6.20 Å². The highest BCUT2D eigenvalue weighted by molar-refractivity contribution is 6.30. The smallest absolute Gasteiger partial charge is 0.0881 e. The number of nitrogens with two attached hydrogens (primary N) is 1. The summed E-state index contributed by atoms with van der Waals surface area (Å²) >= 11 is 5.87. The van der Waals surface area contributed by atoms with E-state index < -0.39 is 0 Å². The summed E-state index contributed by atoms with van der Waals surface area (Å²) < 4.78 is 0. The third-order valence-corrected chi connectivity index (χ3v) is 4.28. The minimum Gasteiger partial charge on any atom is -0.271 e. The third-order valence-electron chi connectivity index (χ3n) is 4.06. The van der Waals surface area contributed by atoms with Crippen molar-refractivity contribution in [2.45, 2.75) is 31.2 Å². The Kier molecular flexibility index (Phi) is 4.01. The largest absolute Gasteiger partial charge is 0.271 e. The first-order valence-corrected chi connectivity index (χ1v) is 7.33. The van der Waals surface area contributed by atoms with Crippen LogP contribution in [0.3, 0.4) is 0 Å². The SMILES string of the molecule is NNC(c1ccc(C2CCC2)cc1)c1ccc(Cl)cn1. The molecule has 0 spiro atoms. The van der Waals surface area contributed by atoms with Crippen molar-refractivity contribution in [3.63, 3.8) is 0 Å². The highest BCUT2D eigenvalue weighted by Crippen LogP contribution is 2.36. The molecule has 1 heterocycles. The number of hydrazine groups is 1. The minimum atomic E-state index is -0.109. The lowest BCUT2D eigenvalue weighted by Gasteiger charge is -2.26. The van der Waals surface area contributed by atoms with E-state index in [1.54, 1.807) is 6.20 Å². The first kappa shape index (κ1) is 13.6. The van der Waals surface area contributed by atoms with Crippen LogP contribution in [0.4, 0.5) is 0 Å². The predicted octanol–water partition coefficient (Wildman–Crippen LogP) is 3.56. The van der Waals surface area contributed by atoms with Crippen molar-refractivity contribution in [2.75, 3.05) is 0 Å². The number of rotatable bonds is 4. The summed E-state index contributed by atoms with van der Waals surface area (Å²) in [6.07, 6.45) is 5.63. The second-order valence-electron chi connectivity index (χ2n) is 5.30. The number of nitrogens with zero attached hydrogens (tertiary/aromatic N) is 1. The highest BCUT2D eigenvalue weighted by Gasteiger charge is 2.20. The molecule has 0 amide bonds. The van der Waals surface area contributed by atoms with Crippen molar-refractivity contribution in [1.82, 2.24) is 10.4 Å². The first-order valence-electron chi connectivity index (χ1n) is 6.95. The molecule has 1 saturated carbocycles. The lowest BCUT2D eigenvalue weighted by molar-refractivity contribution is 0.419. The molecule has 3 rings (SSSR count). The molecule has 1 atom stereocenters. The molecule has 2 aromatic rings. The van der Waals surface area contributed by atoms with Gasteiger partial charge in [-0.2, -0.15) is 0 Å². The van der Waals surface area contributed by atoms with Gasteiger partial charge >= 0.3 is 0 Å². The quantitative estimate of drug-likeness (QED) is 0.668. The zero-order valence-electron chi connectivity index (χ0n) is 11.2. The van der Waals surface area contributed by atoms with Gasteiger partial charge in [0.15, 0.2) is 0 Å². The van der Waals surface area contributed by atoms with Gasteiger partial charge in [-0.05, 0) is 42.0 Å². The summed E-state index contributed by atoms with van der Waals surface area (Å²) in [7, 11) is 0. The van der Waals surface area contributed by atoms with E-state index in [0.29, 0.717) is 5.02 Å². The Hall–Kier alpha value is -1.42. The number of hydrogen-bond acceptors (Lipinski definition) is 3. The Balaban J connectivity index is 1.83. The van der Waals surface area contributed by atoms with Crippen molar-refractivity contribution < 1.29 is 0 Å². The zero-order valence-corrected chi connectivity index (χ0v) is 12.0. The minimum absolute atomic E-state index is 0.109. The molecule has 0 saturated heterocycles. The summed E-state index contributed by atoms with van der Waals surface area (Å²) in [6, 6.07) is 12.3. The monoisotopic (exact) mass is 287 g/mol. The number of hydrogen-bond donors (Lipinski definition) is 2. The van der Waals surface area contributed by atoms with Crippen LogP contribution in [-0.4, -0.2) is 4.98 Å². The van der Waals surface area contributed by atoms with Crippen molar-refractivity contribution >= 4 is 11.6 Å². The van der Waals surface area contributed by atoms with E-state index >= 15 is 0 Å².